The van der Waals surface area contributed by atoms with Crippen LogP contribution in [-0.4, -0.2) is 33.0 Å². The maximum Gasteiger partial charge on any atom is 0.0488 e. The molecule has 0 radical (unpaired) electrons. The summed E-state index contributed by atoms with van der Waals surface area (Å²) in [5, 5.41) is 0. The van der Waals surface area contributed by atoms with E-state index in [1.807, 2.05) is 0 Å². The van der Waals surface area contributed by atoms with Gasteiger partial charge in [-0.15, -0.1) is 0 Å². The van der Waals surface area contributed by atoms with Crippen LogP contribution in [0.5, 0.6) is 0 Å². The molecule has 0 aromatic rings. The molecule has 1 saturated heterocycles. The van der Waals surface area contributed by atoms with E-state index in [0.29, 0.717) is 12.0 Å². The third-order valence-corrected chi connectivity index (χ3v) is 3.33. The molecular formula is C12H26N2O2. The molecule has 4 heteroatoms. The van der Waals surface area contributed by atoms with Gasteiger partial charge >= 0.3 is 0 Å². The van der Waals surface area contributed by atoms with Crippen molar-refractivity contribution in [3.05, 3.63) is 0 Å². The van der Waals surface area contributed by atoms with E-state index in [2.05, 4.69) is 12.3 Å². The van der Waals surface area contributed by atoms with E-state index in [9.17, 15) is 0 Å². The molecular weight excluding hydrogens is 204 g/mol. The average molecular weight is 230 g/mol. The van der Waals surface area contributed by atoms with Gasteiger partial charge in [0.2, 0.25) is 0 Å². The summed E-state index contributed by atoms with van der Waals surface area (Å²) < 4.78 is 10.5. The lowest BCUT2D eigenvalue weighted by molar-refractivity contribution is 0.0585. The molecule has 1 rings (SSSR count). The normalized spacial score (nSPS) is 21.9. The lowest BCUT2D eigenvalue weighted by Gasteiger charge is -2.27. The molecule has 0 bridgehead atoms. The van der Waals surface area contributed by atoms with Crippen molar-refractivity contribution in [2.75, 3.05) is 26.9 Å². The zero-order valence-electron chi connectivity index (χ0n) is 10.6. The lowest BCUT2D eigenvalue weighted by atomic mass is 9.89. The summed E-state index contributed by atoms with van der Waals surface area (Å²) >= 11 is 0. The van der Waals surface area contributed by atoms with E-state index in [-0.39, 0.29) is 0 Å². The first-order chi connectivity index (χ1) is 7.76. The summed E-state index contributed by atoms with van der Waals surface area (Å²) in [6.07, 6.45) is 4.60. The number of nitrogens with one attached hydrogen (secondary N) is 1. The van der Waals surface area contributed by atoms with Gasteiger partial charge in [0.1, 0.15) is 0 Å². The predicted molar refractivity (Wildman–Crippen MR) is 64.9 cm³/mol. The number of hydrogen-bond acceptors (Lipinski definition) is 4. The first-order valence-corrected chi connectivity index (χ1v) is 6.29. The molecule has 16 heavy (non-hydrogen) atoms. The van der Waals surface area contributed by atoms with Crippen LogP contribution >= 0.6 is 0 Å². The van der Waals surface area contributed by atoms with Gasteiger partial charge in [-0.2, -0.15) is 0 Å². The number of ether oxygens (including phenoxy) is 2. The van der Waals surface area contributed by atoms with Gasteiger partial charge < -0.3 is 9.47 Å². The van der Waals surface area contributed by atoms with Crippen LogP contribution in [0.15, 0.2) is 0 Å². The standard InChI is InChI=1S/C12H26N2O2/c1-10(9-15-2)7-12(14-13)8-11-3-5-16-6-4-11/h10-12,14H,3-9,13H2,1-2H3. The smallest absolute Gasteiger partial charge is 0.0488 e. The molecule has 0 amide bonds. The molecule has 0 spiro atoms. The molecule has 0 aromatic heterocycles. The number of rotatable bonds is 7. The summed E-state index contributed by atoms with van der Waals surface area (Å²) in [5.74, 6) is 6.94. The Morgan fingerprint density at radius 2 is 2.12 bits per heavy atom. The van der Waals surface area contributed by atoms with Gasteiger partial charge in [-0.25, -0.2) is 0 Å². The first-order valence-electron chi connectivity index (χ1n) is 6.29. The fourth-order valence-electron chi connectivity index (χ4n) is 2.46. The van der Waals surface area contributed by atoms with Crippen molar-refractivity contribution in [3.63, 3.8) is 0 Å². The quantitative estimate of drug-likeness (QED) is 0.511. The van der Waals surface area contributed by atoms with Crippen molar-refractivity contribution in [2.24, 2.45) is 17.7 Å². The van der Waals surface area contributed by atoms with Crippen LogP contribution in [-0.2, 0) is 9.47 Å². The van der Waals surface area contributed by atoms with Crippen LogP contribution in [0.4, 0.5) is 0 Å². The molecule has 2 unspecified atom stereocenters. The second kappa shape index (κ2) is 8.01. The third kappa shape index (κ3) is 5.25. The Balaban J connectivity index is 2.24. The van der Waals surface area contributed by atoms with Crippen LogP contribution in [0.25, 0.3) is 0 Å². The summed E-state index contributed by atoms with van der Waals surface area (Å²) in [6, 6.07) is 0.410. The van der Waals surface area contributed by atoms with Gasteiger partial charge in [-0.05, 0) is 37.5 Å². The maximum absolute atomic E-state index is 5.61. The van der Waals surface area contributed by atoms with E-state index in [1.165, 1.54) is 12.8 Å². The minimum atomic E-state index is 0.410. The second-order valence-electron chi connectivity index (χ2n) is 4.95. The predicted octanol–water partition coefficient (Wildman–Crippen LogP) is 1.31. The van der Waals surface area contributed by atoms with Gasteiger partial charge in [0.15, 0.2) is 0 Å². The van der Waals surface area contributed by atoms with E-state index in [4.69, 9.17) is 15.3 Å². The molecule has 0 saturated carbocycles. The first kappa shape index (κ1) is 13.9. The Morgan fingerprint density at radius 1 is 1.44 bits per heavy atom. The van der Waals surface area contributed by atoms with Crippen molar-refractivity contribution in [2.45, 2.75) is 38.6 Å². The van der Waals surface area contributed by atoms with Crippen molar-refractivity contribution in [1.82, 2.24) is 5.43 Å². The number of methoxy groups -OCH3 is 1. The summed E-state index contributed by atoms with van der Waals surface area (Å²) in [6.45, 7) is 4.84. The molecule has 3 N–H and O–H groups in total. The minimum Gasteiger partial charge on any atom is -0.384 e. The van der Waals surface area contributed by atoms with Crippen molar-refractivity contribution in [3.8, 4) is 0 Å². The molecule has 1 fully saturated rings. The summed E-state index contributed by atoms with van der Waals surface area (Å²) in [5.41, 5.74) is 2.94. The van der Waals surface area contributed by atoms with Crippen molar-refractivity contribution < 1.29 is 9.47 Å². The minimum absolute atomic E-state index is 0.410. The Hall–Kier alpha value is -0.160. The largest absolute Gasteiger partial charge is 0.384 e. The SMILES string of the molecule is COCC(C)CC(CC1CCOCC1)NN. The zero-order chi connectivity index (χ0) is 11.8. The Kier molecular flexibility index (Phi) is 6.96. The van der Waals surface area contributed by atoms with E-state index < -0.39 is 0 Å². The fourth-order valence-corrected chi connectivity index (χ4v) is 2.46. The summed E-state index contributed by atoms with van der Waals surface area (Å²) in [4.78, 5) is 0. The Morgan fingerprint density at radius 3 is 2.69 bits per heavy atom. The highest BCUT2D eigenvalue weighted by molar-refractivity contribution is 4.74. The zero-order valence-corrected chi connectivity index (χ0v) is 10.6. The van der Waals surface area contributed by atoms with E-state index in [1.54, 1.807) is 7.11 Å². The Labute approximate surface area is 98.8 Å². The molecule has 4 nitrogen and oxygen atoms in total. The monoisotopic (exact) mass is 230 g/mol. The van der Waals surface area contributed by atoms with Gasteiger partial charge in [0.05, 0.1) is 0 Å². The average Bonchev–Trinajstić information content (AvgIpc) is 2.30. The third-order valence-electron chi connectivity index (χ3n) is 3.33. The Bertz CT molecular complexity index is 172. The number of nitrogens with two attached hydrogens (primary N) is 1. The van der Waals surface area contributed by atoms with Crippen LogP contribution in [0, 0.1) is 11.8 Å². The molecule has 96 valence electrons. The molecule has 2 atom stereocenters. The van der Waals surface area contributed by atoms with Gasteiger partial charge in [-0.1, -0.05) is 6.92 Å². The van der Waals surface area contributed by atoms with Gasteiger partial charge in [-0.3, -0.25) is 11.3 Å². The molecule has 0 aromatic carbocycles. The van der Waals surface area contributed by atoms with Crippen LogP contribution in [0.3, 0.4) is 0 Å². The van der Waals surface area contributed by atoms with Crippen LogP contribution in [0.1, 0.15) is 32.6 Å². The van der Waals surface area contributed by atoms with E-state index >= 15 is 0 Å². The van der Waals surface area contributed by atoms with Crippen LogP contribution in [0.2, 0.25) is 0 Å². The summed E-state index contributed by atoms with van der Waals surface area (Å²) in [7, 11) is 1.75. The van der Waals surface area contributed by atoms with E-state index in [0.717, 1.165) is 38.6 Å². The molecule has 1 aliphatic heterocycles. The molecule has 1 heterocycles. The van der Waals surface area contributed by atoms with Crippen molar-refractivity contribution in [1.29, 1.82) is 0 Å². The highest BCUT2D eigenvalue weighted by Gasteiger charge is 2.20. The second-order valence-corrected chi connectivity index (χ2v) is 4.95. The topological polar surface area (TPSA) is 56.5 Å². The lowest BCUT2D eigenvalue weighted by Crippen LogP contribution is -2.39. The maximum atomic E-state index is 5.61. The van der Waals surface area contributed by atoms with Crippen LogP contribution < -0.4 is 11.3 Å². The fraction of sp³-hybridized carbons (Fsp3) is 1.00. The van der Waals surface area contributed by atoms with Gasteiger partial charge in [0, 0.05) is 33.0 Å². The highest BCUT2D eigenvalue weighted by atomic mass is 16.5. The number of hydrogen-bond donors (Lipinski definition) is 2. The van der Waals surface area contributed by atoms with Crippen molar-refractivity contribution >= 4 is 0 Å². The number of hydrazine groups is 1. The highest BCUT2D eigenvalue weighted by Crippen LogP contribution is 2.22. The van der Waals surface area contributed by atoms with Gasteiger partial charge in [0.25, 0.3) is 0 Å². The molecule has 0 aliphatic carbocycles. The molecule has 1 aliphatic rings.